The van der Waals surface area contributed by atoms with Crippen LogP contribution in [0, 0.1) is 5.92 Å². The smallest absolute Gasteiger partial charge is 0.158 e. The van der Waals surface area contributed by atoms with Crippen LogP contribution in [0.1, 0.15) is 0 Å². The Morgan fingerprint density at radius 1 is 1.19 bits per heavy atom. The van der Waals surface area contributed by atoms with E-state index in [1.807, 2.05) is 24.0 Å². The zero-order valence-electron chi connectivity index (χ0n) is 15.1. The molecule has 2 saturated heterocycles. The number of ether oxygens (including phenoxy) is 1. The quantitative estimate of drug-likeness (QED) is 0.625. The van der Waals surface area contributed by atoms with Gasteiger partial charge in [0.2, 0.25) is 0 Å². The number of hydrogen-bond acceptors (Lipinski definition) is 7. The summed E-state index contributed by atoms with van der Waals surface area (Å²) in [5.41, 5.74) is 4.74. The Balaban J connectivity index is 1.40. The molecule has 5 rings (SSSR count). The number of anilines is 1. The molecule has 27 heavy (non-hydrogen) atoms. The number of fused-ring (bicyclic) bond motifs is 1. The van der Waals surface area contributed by atoms with Crippen molar-refractivity contribution in [2.75, 3.05) is 50.8 Å². The summed E-state index contributed by atoms with van der Waals surface area (Å²) in [6, 6.07) is 4.17. The van der Waals surface area contributed by atoms with Crippen LogP contribution in [0.3, 0.4) is 0 Å². The van der Waals surface area contributed by atoms with Crippen molar-refractivity contribution >= 4 is 32.7 Å². The first kappa shape index (κ1) is 17.2. The van der Waals surface area contributed by atoms with Crippen molar-refractivity contribution in [3.05, 3.63) is 22.8 Å². The third-order valence-electron chi connectivity index (χ3n) is 5.43. The lowest BCUT2D eigenvalue weighted by Crippen LogP contribution is -2.53. The average Bonchev–Trinajstić information content (AvgIpc) is 3.24. The first-order chi connectivity index (χ1) is 13.2. The molecular weight excluding hydrogens is 412 g/mol. The van der Waals surface area contributed by atoms with Gasteiger partial charge in [-0.25, -0.2) is 4.63 Å². The van der Waals surface area contributed by atoms with E-state index in [0.717, 1.165) is 78.4 Å². The molecule has 8 nitrogen and oxygen atoms in total. The lowest BCUT2D eigenvalue weighted by atomic mass is 9.97. The topological polar surface area (TPSA) is 72.5 Å². The van der Waals surface area contributed by atoms with Gasteiger partial charge >= 0.3 is 0 Å². The SMILES string of the molecule is Cn1ncc(Br)c1-c1cc(N2CC(CN3CCOCC3)C2)c2nonc2c1. The van der Waals surface area contributed by atoms with Gasteiger partial charge in [-0.1, -0.05) is 0 Å². The van der Waals surface area contributed by atoms with Crippen molar-refractivity contribution < 1.29 is 9.37 Å². The second kappa shape index (κ2) is 6.88. The first-order valence-electron chi connectivity index (χ1n) is 9.18. The summed E-state index contributed by atoms with van der Waals surface area (Å²) in [6.07, 6.45) is 1.81. The van der Waals surface area contributed by atoms with E-state index in [4.69, 9.17) is 9.37 Å². The molecule has 0 amide bonds. The standard InChI is InChI=1S/C18H21BrN6O2/c1-23-18(14(19)8-20-23)13-6-15-17(22-27-21-15)16(7-13)25-10-12(11-25)9-24-2-4-26-5-3-24/h6-8,12H,2-5,9-11H2,1H3. The molecule has 0 unspecified atom stereocenters. The van der Waals surface area contributed by atoms with Crippen LogP contribution in [0.15, 0.2) is 27.4 Å². The third kappa shape index (κ3) is 3.13. The zero-order chi connectivity index (χ0) is 18.4. The van der Waals surface area contributed by atoms with Crippen LogP contribution in [0.4, 0.5) is 5.69 Å². The minimum Gasteiger partial charge on any atom is -0.379 e. The number of nitrogens with zero attached hydrogens (tertiary/aromatic N) is 6. The Bertz CT molecular complexity index is 939. The summed E-state index contributed by atoms with van der Waals surface area (Å²) in [4.78, 5) is 4.87. The Hall–Kier alpha value is -1.97. The summed E-state index contributed by atoms with van der Waals surface area (Å²) in [7, 11) is 1.94. The van der Waals surface area contributed by atoms with Gasteiger partial charge in [-0.3, -0.25) is 9.58 Å². The Morgan fingerprint density at radius 3 is 2.74 bits per heavy atom. The molecule has 0 saturated carbocycles. The van der Waals surface area contributed by atoms with Crippen LogP contribution in [0.2, 0.25) is 0 Å². The normalized spacial score (nSPS) is 19.0. The van der Waals surface area contributed by atoms with E-state index in [2.05, 4.69) is 47.2 Å². The summed E-state index contributed by atoms with van der Waals surface area (Å²) >= 11 is 3.59. The molecule has 4 heterocycles. The van der Waals surface area contributed by atoms with Crippen molar-refractivity contribution in [1.82, 2.24) is 25.0 Å². The summed E-state index contributed by atoms with van der Waals surface area (Å²) in [5, 5.41) is 12.6. The second-order valence-electron chi connectivity index (χ2n) is 7.28. The number of benzene rings is 1. The van der Waals surface area contributed by atoms with Gasteiger partial charge in [0.1, 0.15) is 5.52 Å². The molecule has 2 aromatic heterocycles. The van der Waals surface area contributed by atoms with Crippen molar-refractivity contribution in [3.63, 3.8) is 0 Å². The Labute approximate surface area is 165 Å². The van der Waals surface area contributed by atoms with Crippen LogP contribution < -0.4 is 4.90 Å². The van der Waals surface area contributed by atoms with Crippen molar-refractivity contribution in [2.24, 2.45) is 13.0 Å². The fourth-order valence-corrected chi connectivity index (χ4v) is 4.59. The first-order valence-corrected chi connectivity index (χ1v) is 9.97. The minimum absolute atomic E-state index is 0.671. The lowest BCUT2D eigenvalue weighted by Gasteiger charge is -2.43. The number of rotatable bonds is 4. The predicted molar refractivity (Wildman–Crippen MR) is 105 cm³/mol. The molecule has 0 bridgehead atoms. The summed E-state index contributed by atoms with van der Waals surface area (Å²) < 4.78 is 13.3. The monoisotopic (exact) mass is 432 g/mol. The van der Waals surface area contributed by atoms with E-state index in [9.17, 15) is 0 Å². The molecule has 2 aliphatic heterocycles. The lowest BCUT2D eigenvalue weighted by molar-refractivity contribution is 0.0286. The van der Waals surface area contributed by atoms with Crippen LogP contribution in [0.5, 0.6) is 0 Å². The maximum absolute atomic E-state index is 5.44. The molecule has 9 heteroatoms. The predicted octanol–water partition coefficient (Wildman–Crippen LogP) is 2.15. The van der Waals surface area contributed by atoms with Gasteiger partial charge in [-0.05, 0) is 38.4 Å². The molecule has 0 radical (unpaired) electrons. The number of morpholine rings is 1. The fourth-order valence-electron chi connectivity index (χ4n) is 4.02. The van der Waals surface area contributed by atoms with Crippen LogP contribution in [0.25, 0.3) is 22.3 Å². The van der Waals surface area contributed by atoms with Gasteiger partial charge in [0.05, 0.1) is 35.3 Å². The average molecular weight is 433 g/mol. The van der Waals surface area contributed by atoms with Gasteiger partial charge in [-0.2, -0.15) is 5.10 Å². The van der Waals surface area contributed by atoms with Gasteiger partial charge in [0.15, 0.2) is 5.52 Å². The number of halogens is 1. The molecule has 0 atom stereocenters. The summed E-state index contributed by atoms with van der Waals surface area (Å²) in [5.74, 6) is 0.671. The van der Waals surface area contributed by atoms with E-state index >= 15 is 0 Å². The molecule has 0 N–H and O–H groups in total. The van der Waals surface area contributed by atoms with E-state index in [1.165, 1.54) is 0 Å². The Kier molecular flexibility index (Phi) is 4.37. The molecule has 2 aliphatic rings. The number of aryl methyl sites for hydroxylation is 1. The molecule has 0 aliphatic carbocycles. The second-order valence-corrected chi connectivity index (χ2v) is 8.13. The van der Waals surface area contributed by atoms with E-state index in [1.54, 1.807) is 0 Å². The highest BCUT2D eigenvalue weighted by atomic mass is 79.9. The van der Waals surface area contributed by atoms with E-state index in [0.29, 0.717) is 5.92 Å². The van der Waals surface area contributed by atoms with Gasteiger partial charge in [0, 0.05) is 51.3 Å². The summed E-state index contributed by atoms with van der Waals surface area (Å²) in [6.45, 7) is 6.96. The number of hydrogen-bond donors (Lipinski definition) is 0. The zero-order valence-corrected chi connectivity index (χ0v) is 16.7. The van der Waals surface area contributed by atoms with E-state index < -0.39 is 0 Å². The highest BCUT2D eigenvalue weighted by Gasteiger charge is 2.31. The highest BCUT2D eigenvalue weighted by Crippen LogP contribution is 2.37. The van der Waals surface area contributed by atoms with Crippen molar-refractivity contribution in [2.45, 2.75) is 0 Å². The van der Waals surface area contributed by atoms with Crippen LogP contribution in [-0.4, -0.2) is 70.9 Å². The van der Waals surface area contributed by atoms with Crippen LogP contribution in [-0.2, 0) is 11.8 Å². The highest BCUT2D eigenvalue weighted by molar-refractivity contribution is 9.10. The molecular formula is C18H21BrN6O2. The van der Waals surface area contributed by atoms with Crippen LogP contribution >= 0.6 is 15.9 Å². The van der Waals surface area contributed by atoms with Gasteiger partial charge in [-0.15, -0.1) is 0 Å². The number of aromatic nitrogens is 4. The largest absolute Gasteiger partial charge is 0.379 e. The van der Waals surface area contributed by atoms with Gasteiger partial charge in [0.25, 0.3) is 0 Å². The maximum atomic E-state index is 5.44. The third-order valence-corrected chi connectivity index (χ3v) is 6.01. The minimum atomic E-state index is 0.671. The molecule has 3 aromatic rings. The van der Waals surface area contributed by atoms with E-state index in [-0.39, 0.29) is 0 Å². The molecule has 142 valence electrons. The van der Waals surface area contributed by atoms with Crippen molar-refractivity contribution in [1.29, 1.82) is 0 Å². The van der Waals surface area contributed by atoms with Crippen molar-refractivity contribution in [3.8, 4) is 11.3 Å². The Morgan fingerprint density at radius 2 is 2.00 bits per heavy atom. The molecule has 0 spiro atoms. The molecule has 2 fully saturated rings. The molecule has 1 aromatic carbocycles. The fraction of sp³-hybridized carbons (Fsp3) is 0.500. The maximum Gasteiger partial charge on any atom is 0.158 e. The van der Waals surface area contributed by atoms with Gasteiger partial charge < -0.3 is 9.64 Å².